The van der Waals surface area contributed by atoms with Crippen molar-refractivity contribution in [1.29, 1.82) is 0 Å². The van der Waals surface area contributed by atoms with Crippen LogP contribution in [0, 0.1) is 0 Å². The van der Waals surface area contributed by atoms with Gasteiger partial charge in [-0.1, -0.05) is 11.1 Å². The second-order valence-electron chi connectivity index (χ2n) is 5.25. The Morgan fingerprint density at radius 2 is 1.17 bits per heavy atom. The van der Waals surface area contributed by atoms with Gasteiger partial charge in [0, 0.05) is 24.0 Å². The molecule has 4 heteroatoms. The van der Waals surface area contributed by atoms with Crippen molar-refractivity contribution in [2.24, 2.45) is 0 Å². The maximum atomic E-state index is 11.6. The van der Waals surface area contributed by atoms with Crippen LogP contribution >= 0.6 is 0 Å². The lowest BCUT2D eigenvalue weighted by atomic mass is 9.99. The molecule has 2 heterocycles. The quantitative estimate of drug-likeness (QED) is 0.529. The van der Waals surface area contributed by atoms with Crippen molar-refractivity contribution in [1.82, 2.24) is 0 Å². The number of ether oxygens (including phenoxy) is 2. The van der Waals surface area contributed by atoms with Crippen molar-refractivity contribution in [3.05, 3.63) is 22.3 Å². The average Bonchev–Trinajstić information content (AvgIpc) is 2.81. The number of carbonyl (C=O) groups is 2. The van der Waals surface area contributed by atoms with E-state index in [1.807, 2.05) is 27.7 Å². The average molecular weight is 250 g/mol. The molecule has 0 aromatic heterocycles. The molecule has 0 radical (unpaired) electrons. The van der Waals surface area contributed by atoms with E-state index < -0.39 is 0 Å². The Hall–Kier alpha value is -1.58. The third kappa shape index (κ3) is 2.19. The summed E-state index contributed by atoms with van der Waals surface area (Å²) in [6.07, 6.45) is 0.413. The van der Waals surface area contributed by atoms with E-state index in [-0.39, 0.29) is 24.1 Å². The molecule has 0 spiro atoms. The number of hydrogen-bond acceptors (Lipinski definition) is 4. The lowest BCUT2D eigenvalue weighted by Gasteiger charge is -2.14. The Morgan fingerprint density at radius 3 is 1.39 bits per heavy atom. The Kier molecular flexibility index (Phi) is 3.28. The lowest BCUT2D eigenvalue weighted by molar-refractivity contribution is -0.152. The summed E-state index contributed by atoms with van der Waals surface area (Å²) in [7, 11) is 0. The van der Waals surface area contributed by atoms with Crippen molar-refractivity contribution in [3.8, 4) is 0 Å². The van der Waals surface area contributed by atoms with E-state index in [2.05, 4.69) is 0 Å². The first-order valence-corrected chi connectivity index (χ1v) is 6.14. The first kappa shape index (κ1) is 12.9. The molecule has 2 atom stereocenters. The van der Waals surface area contributed by atoms with Gasteiger partial charge in [-0.3, -0.25) is 0 Å². The molecule has 4 nitrogen and oxygen atoms in total. The molecule has 0 N–H and O–H groups in total. The molecule has 2 rings (SSSR count). The molecule has 0 amide bonds. The van der Waals surface area contributed by atoms with Gasteiger partial charge < -0.3 is 9.47 Å². The minimum atomic E-state index is -0.330. The zero-order chi connectivity index (χ0) is 13.4. The molecule has 0 aromatic carbocycles. The van der Waals surface area contributed by atoms with Gasteiger partial charge in [0.2, 0.25) is 0 Å². The highest BCUT2D eigenvalue weighted by Crippen LogP contribution is 2.33. The lowest BCUT2D eigenvalue weighted by Crippen LogP contribution is -2.25. The Morgan fingerprint density at radius 1 is 0.833 bits per heavy atom. The highest BCUT2D eigenvalue weighted by Gasteiger charge is 2.42. The summed E-state index contributed by atoms with van der Waals surface area (Å²) in [5.41, 5.74) is 3.35. The second kappa shape index (κ2) is 4.59. The fourth-order valence-electron chi connectivity index (χ4n) is 2.30. The van der Waals surface area contributed by atoms with E-state index in [1.54, 1.807) is 0 Å². The molecule has 98 valence electrons. The van der Waals surface area contributed by atoms with Gasteiger partial charge in [0.15, 0.2) is 0 Å². The van der Waals surface area contributed by atoms with Crippen LogP contribution in [0.2, 0.25) is 0 Å². The molecule has 0 aromatic rings. The van der Waals surface area contributed by atoms with Gasteiger partial charge in [0.1, 0.15) is 12.2 Å². The van der Waals surface area contributed by atoms with Crippen LogP contribution in [0.5, 0.6) is 0 Å². The molecular weight excluding hydrogens is 232 g/mol. The van der Waals surface area contributed by atoms with Crippen LogP contribution in [-0.4, -0.2) is 24.1 Å². The van der Waals surface area contributed by atoms with Gasteiger partial charge in [0.25, 0.3) is 0 Å². The molecule has 2 unspecified atom stereocenters. The molecule has 2 aliphatic rings. The van der Waals surface area contributed by atoms with E-state index >= 15 is 0 Å². The monoisotopic (exact) mass is 250 g/mol. The maximum absolute atomic E-state index is 11.6. The summed E-state index contributed by atoms with van der Waals surface area (Å²) in [5, 5.41) is 0. The van der Waals surface area contributed by atoms with Crippen LogP contribution in [-0.2, 0) is 19.1 Å². The number of hydrogen-bond donors (Lipinski definition) is 0. The van der Waals surface area contributed by atoms with Gasteiger partial charge in [-0.15, -0.1) is 0 Å². The summed E-state index contributed by atoms with van der Waals surface area (Å²) in [6.45, 7) is 7.56. The number of allylic oxidation sites excluding steroid dienone is 2. The van der Waals surface area contributed by atoms with Crippen molar-refractivity contribution in [2.45, 2.75) is 52.7 Å². The maximum Gasteiger partial charge on any atom is 0.334 e. The van der Waals surface area contributed by atoms with Gasteiger partial charge in [-0.2, -0.15) is 0 Å². The van der Waals surface area contributed by atoms with Crippen LogP contribution in [0.15, 0.2) is 22.3 Å². The van der Waals surface area contributed by atoms with E-state index in [0.29, 0.717) is 24.0 Å². The van der Waals surface area contributed by atoms with E-state index in [4.69, 9.17) is 9.47 Å². The Bertz CT molecular complexity index is 418. The minimum Gasteiger partial charge on any atom is -0.455 e. The van der Waals surface area contributed by atoms with E-state index in [9.17, 15) is 9.59 Å². The molecule has 2 fully saturated rings. The van der Waals surface area contributed by atoms with Crippen molar-refractivity contribution >= 4 is 11.9 Å². The summed E-state index contributed by atoms with van der Waals surface area (Å²) in [5.74, 6) is -0.552. The third-order valence-corrected chi connectivity index (χ3v) is 3.44. The summed E-state index contributed by atoms with van der Waals surface area (Å²) < 4.78 is 10.6. The van der Waals surface area contributed by atoms with Crippen molar-refractivity contribution in [2.75, 3.05) is 0 Å². The molecular formula is C14H18O4. The number of carbonyl (C=O) groups excluding carboxylic acids is 2. The predicted molar refractivity (Wildman–Crippen MR) is 65.7 cm³/mol. The summed E-state index contributed by atoms with van der Waals surface area (Å²) >= 11 is 0. The molecule has 0 saturated carbocycles. The minimum absolute atomic E-state index is 0.276. The van der Waals surface area contributed by atoms with E-state index in [1.165, 1.54) is 0 Å². The molecule has 2 aliphatic heterocycles. The topological polar surface area (TPSA) is 52.6 Å². The second-order valence-corrected chi connectivity index (χ2v) is 5.25. The van der Waals surface area contributed by atoms with E-state index in [0.717, 1.165) is 11.1 Å². The fraction of sp³-hybridized carbons (Fsp3) is 0.571. The summed E-state index contributed by atoms with van der Waals surface area (Å²) in [6, 6.07) is 0. The Balaban J connectivity index is 2.14. The fourth-order valence-corrected chi connectivity index (χ4v) is 2.30. The number of rotatable bonds is 1. The highest BCUT2D eigenvalue weighted by atomic mass is 16.6. The number of cyclic esters (lactones) is 2. The predicted octanol–water partition coefficient (Wildman–Crippen LogP) is 2.29. The smallest absolute Gasteiger partial charge is 0.334 e. The first-order valence-electron chi connectivity index (χ1n) is 6.14. The molecule has 0 bridgehead atoms. The van der Waals surface area contributed by atoms with Crippen LogP contribution in [0.3, 0.4) is 0 Å². The van der Waals surface area contributed by atoms with Gasteiger partial charge in [-0.25, -0.2) is 9.59 Å². The zero-order valence-corrected chi connectivity index (χ0v) is 11.2. The van der Waals surface area contributed by atoms with Crippen LogP contribution < -0.4 is 0 Å². The van der Waals surface area contributed by atoms with Gasteiger partial charge >= 0.3 is 11.9 Å². The summed E-state index contributed by atoms with van der Waals surface area (Å²) in [4.78, 5) is 23.3. The van der Waals surface area contributed by atoms with Crippen LogP contribution in [0.4, 0.5) is 0 Å². The van der Waals surface area contributed by atoms with Crippen molar-refractivity contribution < 1.29 is 19.1 Å². The van der Waals surface area contributed by atoms with Crippen LogP contribution in [0.1, 0.15) is 40.5 Å². The molecule has 18 heavy (non-hydrogen) atoms. The van der Waals surface area contributed by atoms with Crippen LogP contribution in [0.25, 0.3) is 0 Å². The van der Waals surface area contributed by atoms with Crippen molar-refractivity contribution in [3.63, 3.8) is 0 Å². The highest BCUT2D eigenvalue weighted by molar-refractivity contribution is 5.93. The first-order chi connectivity index (χ1) is 8.40. The largest absolute Gasteiger partial charge is 0.455 e. The zero-order valence-electron chi connectivity index (χ0n) is 11.2. The molecule has 2 saturated heterocycles. The third-order valence-electron chi connectivity index (χ3n) is 3.44. The SMILES string of the molecule is CC(C)=C1CC(C2CC(=C(C)C)C(=O)O2)OC1=O. The number of esters is 2. The molecule has 0 aliphatic carbocycles. The van der Waals surface area contributed by atoms with Gasteiger partial charge in [0.05, 0.1) is 0 Å². The van der Waals surface area contributed by atoms with Gasteiger partial charge in [-0.05, 0) is 27.7 Å². The Labute approximate surface area is 107 Å². The normalized spacial score (nSPS) is 27.3. The standard InChI is InChI=1S/C14H18O4/c1-7(2)9-5-11(17-13(9)15)12-6-10(8(3)4)14(16)18-12/h11-12H,5-6H2,1-4H3.